The van der Waals surface area contributed by atoms with Gasteiger partial charge in [-0.15, -0.1) is 0 Å². The highest BCUT2D eigenvalue weighted by Crippen LogP contribution is 2.52. The summed E-state index contributed by atoms with van der Waals surface area (Å²) in [6.07, 6.45) is 3.51. The highest BCUT2D eigenvalue weighted by atomic mass is 16.3. The molecule has 0 radical (unpaired) electrons. The summed E-state index contributed by atoms with van der Waals surface area (Å²) in [4.78, 5) is 15.8. The van der Waals surface area contributed by atoms with E-state index in [2.05, 4.69) is 17.9 Å². The van der Waals surface area contributed by atoms with Crippen molar-refractivity contribution in [2.45, 2.75) is 31.3 Å². The molecule has 24 heavy (non-hydrogen) atoms. The second-order valence-electron chi connectivity index (χ2n) is 6.71. The van der Waals surface area contributed by atoms with Crippen molar-refractivity contribution in [1.82, 2.24) is 0 Å². The number of Topliss-reactive ketones (excluding diaryl/α,β-unsaturated/α-hetero) is 1. The summed E-state index contributed by atoms with van der Waals surface area (Å²) in [5.41, 5.74) is 3.31. The van der Waals surface area contributed by atoms with Gasteiger partial charge in [0.2, 0.25) is 0 Å². The molecule has 0 amide bonds. The van der Waals surface area contributed by atoms with Crippen LogP contribution >= 0.6 is 0 Å². The molecule has 0 aliphatic carbocycles. The first-order valence-corrected chi connectivity index (χ1v) is 8.45. The minimum absolute atomic E-state index is 0.0246. The van der Waals surface area contributed by atoms with Crippen LogP contribution in [0.5, 0.6) is 0 Å². The van der Waals surface area contributed by atoms with Crippen LogP contribution in [-0.2, 0) is 5.54 Å². The lowest BCUT2D eigenvalue weighted by atomic mass is 9.76. The molecule has 0 saturated heterocycles. The largest absolute Gasteiger partial charge is 0.396 e. The van der Waals surface area contributed by atoms with Crippen molar-refractivity contribution in [3.8, 4) is 0 Å². The summed E-state index contributed by atoms with van der Waals surface area (Å²) in [5, 5.41) is 9.55. The summed E-state index contributed by atoms with van der Waals surface area (Å²) < 4.78 is 0. The normalized spacial score (nSPS) is 25.2. The first kappa shape index (κ1) is 15.2. The standard InChI is InChI=1S/C21H21NO2/c1-15-13-17(11-12-23)22-19-10-6-5-9-18(19)20(24)21(22,14-15)16-7-3-2-4-8-16/h2-10,13,17,23H,11-12,14H2,1H3/t17-,21-/m1/s1. The number of aliphatic hydroxyl groups is 1. The molecule has 0 bridgehead atoms. The van der Waals surface area contributed by atoms with E-state index in [0.717, 1.165) is 16.8 Å². The predicted molar refractivity (Wildman–Crippen MR) is 95.2 cm³/mol. The lowest BCUT2D eigenvalue weighted by molar-refractivity contribution is 0.0885. The third kappa shape index (κ3) is 1.98. The van der Waals surface area contributed by atoms with Crippen molar-refractivity contribution in [3.63, 3.8) is 0 Å². The average molecular weight is 319 g/mol. The van der Waals surface area contributed by atoms with Crippen molar-refractivity contribution in [2.75, 3.05) is 11.5 Å². The van der Waals surface area contributed by atoms with Gasteiger partial charge in [0.05, 0.1) is 6.04 Å². The molecule has 0 aromatic heterocycles. The fraction of sp³-hybridized carbons (Fsp3) is 0.286. The Morgan fingerprint density at radius 1 is 1.12 bits per heavy atom. The van der Waals surface area contributed by atoms with E-state index in [1.807, 2.05) is 54.6 Å². The summed E-state index contributed by atoms with van der Waals surface area (Å²) in [6, 6.07) is 17.9. The van der Waals surface area contributed by atoms with Gasteiger partial charge in [0, 0.05) is 24.3 Å². The van der Waals surface area contributed by atoms with Gasteiger partial charge in [-0.1, -0.05) is 54.1 Å². The summed E-state index contributed by atoms with van der Waals surface area (Å²) in [6.45, 7) is 2.19. The monoisotopic (exact) mass is 319 g/mol. The van der Waals surface area contributed by atoms with Crippen LogP contribution in [0.2, 0.25) is 0 Å². The van der Waals surface area contributed by atoms with Crippen LogP contribution in [0, 0.1) is 0 Å². The highest BCUT2D eigenvalue weighted by Gasteiger charge is 2.55. The lowest BCUT2D eigenvalue weighted by Crippen LogP contribution is -2.54. The molecule has 4 rings (SSSR count). The average Bonchev–Trinajstić information content (AvgIpc) is 2.86. The van der Waals surface area contributed by atoms with Crippen LogP contribution in [-0.4, -0.2) is 23.5 Å². The van der Waals surface area contributed by atoms with Crippen molar-refractivity contribution in [2.24, 2.45) is 0 Å². The van der Waals surface area contributed by atoms with Gasteiger partial charge < -0.3 is 10.0 Å². The second kappa shape index (κ2) is 5.60. The molecule has 2 atom stereocenters. The number of carbonyl (C=O) groups is 1. The summed E-state index contributed by atoms with van der Waals surface area (Å²) in [5.74, 6) is 0.166. The van der Waals surface area contributed by atoms with E-state index < -0.39 is 5.54 Å². The van der Waals surface area contributed by atoms with Gasteiger partial charge in [0.1, 0.15) is 5.54 Å². The quantitative estimate of drug-likeness (QED) is 0.877. The number of hydrogen-bond acceptors (Lipinski definition) is 3. The molecule has 2 aliphatic rings. The van der Waals surface area contributed by atoms with E-state index in [-0.39, 0.29) is 18.4 Å². The van der Waals surface area contributed by atoms with Crippen LogP contribution in [0.3, 0.4) is 0 Å². The molecule has 3 heteroatoms. The molecule has 2 aromatic rings. The molecule has 1 N–H and O–H groups in total. The fourth-order valence-electron chi connectivity index (χ4n) is 4.34. The van der Waals surface area contributed by atoms with Gasteiger partial charge in [0.15, 0.2) is 5.78 Å². The Morgan fingerprint density at radius 3 is 2.58 bits per heavy atom. The second-order valence-corrected chi connectivity index (χ2v) is 6.71. The van der Waals surface area contributed by atoms with Gasteiger partial charge >= 0.3 is 0 Å². The SMILES string of the molecule is CC1=C[C@@H](CCO)N2c3ccccc3C(=O)[C@]2(c2ccccc2)C1. The van der Waals surface area contributed by atoms with Crippen LogP contribution in [0.4, 0.5) is 5.69 Å². The number of carbonyl (C=O) groups excluding carboxylic acids is 1. The molecule has 0 unspecified atom stereocenters. The van der Waals surface area contributed by atoms with Crippen LogP contribution in [0.25, 0.3) is 0 Å². The van der Waals surface area contributed by atoms with Gasteiger partial charge in [-0.3, -0.25) is 4.79 Å². The summed E-state index contributed by atoms with van der Waals surface area (Å²) >= 11 is 0. The van der Waals surface area contributed by atoms with E-state index in [1.165, 1.54) is 5.57 Å². The fourth-order valence-corrected chi connectivity index (χ4v) is 4.34. The zero-order valence-corrected chi connectivity index (χ0v) is 13.8. The van der Waals surface area contributed by atoms with E-state index in [1.54, 1.807) is 0 Å². The van der Waals surface area contributed by atoms with E-state index in [9.17, 15) is 9.90 Å². The molecule has 2 aliphatic heterocycles. The number of ketones is 1. The van der Waals surface area contributed by atoms with Gasteiger partial charge in [0.25, 0.3) is 0 Å². The zero-order valence-electron chi connectivity index (χ0n) is 13.8. The molecule has 2 heterocycles. The first-order chi connectivity index (χ1) is 11.7. The van der Waals surface area contributed by atoms with Crippen molar-refractivity contribution in [1.29, 1.82) is 0 Å². The number of benzene rings is 2. The number of anilines is 1. The minimum Gasteiger partial charge on any atom is -0.396 e. The third-order valence-corrected chi connectivity index (χ3v) is 5.21. The van der Waals surface area contributed by atoms with Crippen LogP contribution in [0.1, 0.15) is 35.7 Å². The molecule has 3 nitrogen and oxygen atoms in total. The van der Waals surface area contributed by atoms with Crippen LogP contribution < -0.4 is 4.90 Å². The zero-order chi connectivity index (χ0) is 16.7. The lowest BCUT2D eigenvalue weighted by Gasteiger charge is -2.47. The Bertz CT molecular complexity index is 812. The molecular weight excluding hydrogens is 298 g/mol. The van der Waals surface area contributed by atoms with Gasteiger partial charge in [-0.05, 0) is 31.0 Å². The highest BCUT2D eigenvalue weighted by molar-refractivity contribution is 6.15. The van der Waals surface area contributed by atoms with E-state index in [0.29, 0.717) is 12.8 Å². The maximum atomic E-state index is 13.5. The molecule has 122 valence electrons. The number of para-hydroxylation sites is 1. The molecule has 2 aromatic carbocycles. The molecule has 0 saturated carbocycles. The smallest absolute Gasteiger partial charge is 0.195 e. The molecule has 0 spiro atoms. The van der Waals surface area contributed by atoms with Crippen LogP contribution in [0.15, 0.2) is 66.2 Å². The number of rotatable bonds is 3. The molecule has 0 fully saturated rings. The van der Waals surface area contributed by atoms with E-state index >= 15 is 0 Å². The van der Waals surface area contributed by atoms with Gasteiger partial charge in [-0.2, -0.15) is 0 Å². The minimum atomic E-state index is -0.691. The number of hydrogen-bond donors (Lipinski definition) is 1. The third-order valence-electron chi connectivity index (χ3n) is 5.21. The number of fused-ring (bicyclic) bond motifs is 3. The van der Waals surface area contributed by atoms with E-state index in [4.69, 9.17) is 0 Å². The van der Waals surface area contributed by atoms with Crippen molar-refractivity contribution in [3.05, 3.63) is 77.4 Å². The van der Waals surface area contributed by atoms with Crippen molar-refractivity contribution < 1.29 is 9.90 Å². The Kier molecular flexibility index (Phi) is 3.54. The number of nitrogens with zero attached hydrogens (tertiary/aromatic N) is 1. The van der Waals surface area contributed by atoms with Gasteiger partial charge in [-0.25, -0.2) is 0 Å². The Hall–Kier alpha value is -2.39. The predicted octanol–water partition coefficient (Wildman–Crippen LogP) is 3.69. The Labute approximate surface area is 142 Å². The maximum absolute atomic E-state index is 13.5. The Balaban J connectivity index is 1.98. The maximum Gasteiger partial charge on any atom is 0.195 e. The Morgan fingerprint density at radius 2 is 1.83 bits per heavy atom. The number of aliphatic hydroxyl groups excluding tert-OH is 1. The first-order valence-electron chi connectivity index (χ1n) is 8.45. The topological polar surface area (TPSA) is 40.5 Å². The molecular formula is C21H21NO2. The summed E-state index contributed by atoms with van der Waals surface area (Å²) in [7, 11) is 0. The van der Waals surface area contributed by atoms with Crippen molar-refractivity contribution >= 4 is 11.5 Å².